The zero-order chi connectivity index (χ0) is 13.8. The van der Waals surface area contributed by atoms with Gasteiger partial charge in [0.25, 0.3) is 0 Å². The van der Waals surface area contributed by atoms with E-state index in [0.29, 0.717) is 10.9 Å². The van der Waals surface area contributed by atoms with Crippen LogP contribution in [0.4, 0.5) is 5.69 Å². The predicted octanol–water partition coefficient (Wildman–Crippen LogP) is 2.46. The van der Waals surface area contributed by atoms with Gasteiger partial charge in [0.2, 0.25) is 11.1 Å². The highest BCUT2D eigenvalue weighted by molar-refractivity contribution is 7.99. The first-order valence-corrected chi connectivity index (χ1v) is 6.92. The molecule has 6 heteroatoms. The van der Waals surface area contributed by atoms with Crippen molar-refractivity contribution in [3.8, 4) is 0 Å². The summed E-state index contributed by atoms with van der Waals surface area (Å²) in [5, 5.41) is 10.2. The second-order valence-electron chi connectivity index (χ2n) is 4.29. The summed E-state index contributed by atoms with van der Waals surface area (Å²) in [5.41, 5.74) is 3.11. The molecule has 0 saturated carbocycles. The van der Waals surface area contributed by atoms with E-state index in [-0.39, 0.29) is 5.91 Å². The number of aryl methyl sites for hydroxylation is 2. The molecule has 0 fully saturated rings. The summed E-state index contributed by atoms with van der Waals surface area (Å²) in [6.45, 7) is 5.85. The summed E-state index contributed by atoms with van der Waals surface area (Å²) in [5.74, 6) is 0.989. The quantitative estimate of drug-likeness (QED) is 0.842. The first kappa shape index (κ1) is 13.6. The van der Waals surface area contributed by atoms with E-state index in [9.17, 15) is 4.79 Å². The van der Waals surface area contributed by atoms with Crippen molar-refractivity contribution in [2.24, 2.45) is 0 Å². The third-order valence-corrected chi connectivity index (χ3v) is 3.64. The molecule has 1 aromatic carbocycles. The van der Waals surface area contributed by atoms with E-state index in [2.05, 4.69) is 20.5 Å². The van der Waals surface area contributed by atoms with Gasteiger partial charge in [0.1, 0.15) is 5.82 Å². The molecule has 0 unspecified atom stereocenters. The van der Waals surface area contributed by atoms with Crippen molar-refractivity contribution in [1.29, 1.82) is 0 Å². The molecule has 0 spiro atoms. The van der Waals surface area contributed by atoms with Crippen LogP contribution in [0.15, 0.2) is 23.4 Å². The molecular weight excluding hydrogens is 260 g/mol. The fourth-order valence-electron chi connectivity index (χ4n) is 1.59. The van der Waals surface area contributed by atoms with E-state index in [4.69, 9.17) is 0 Å². The number of rotatable bonds is 4. The van der Waals surface area contributed by atoms with Crippen LogP contribution in [0, 0.1) is 20.8 Å². The van der Waals surface area contributed by atoms with Crippen molar-refractivity contribution in [3.63, 3.8) is 0 Å². The molecule has 0 bridgehead atoms. The maximum absolute atomic E-state index is 11.9. The molecule has 0 radical (unpaired) electrons. The van der Waals surface area contributed by atoms with Crippen molar-refractivity contribution < 1.29 is 4.79 Å². The van der Waals surface area contributed by atoms with Gasteiger partial charge in [-0.1, -0.05) is 23.9 Å². The summed E-state index contributed by atoms with van der Waals surface area (Å²) in [6, 6.07) is 5.86. The Morgan fingerprint density at radius 3 is 2.84 bits per heavy atom. The number of thioether (sulfide) groups is 1. The third kappa shape index (κ3) is 3.57. The molecule has 2 rings (SSSR count). The molecule has 5 nitrogen and oxygen atoms in total. The highest BCUT2D eigenvalue weighted by atomic mass is 32.2. The highest BCUT2D eigenvalue weighted by Gasteiger charge is 2.08. The summed E-state index contributed by atoms with van der Waals surface area (Å²) in [6.07, 6.45) is 0. The molecule has 0 saturated heterocycles. The average molecular weight is 276 g/mol. The molecule has 1 amide bonds. The third-order valence-electron chi connectivity index (χ3n) is 2.79. The fourth-order valence-corrected chi connectivity index (χ4v) is 2.23. The summed E-state index contributed by atoms with van der Waals surface area (Å²) in [4.78, 5) is 16.0. The van der Waals surface area contributed by atoms with Crippen LogP contribution in [0.1, 0.15) is 17.0 Å². The lowest BCUT2D eigenvalue weighted by Crippen LogP contribution is -2.15. The van der Waals surface area contributed by atoms with Crippen LogP contribution >= 0.6 is 11.8 Å². The Morgan fingerprint density at radius 1 is 1.37 bits per heavy atom. The molecule has 0 atom stereocenters. The lowest BCUT2D eigenvalue weighted by molar-refractivity contribution is -0.113. The van der Waals surface area contributed by atoms with Gasteiger partial charge in [-0.2, -0.15) is 0 Å². The molecule has 19 heavy (non-hydrogen) atoms. The molecule has 0 aliphatic rings. The second-order valence-corrected chi connectivity index (χ2v) is 5.23. The number of benzene rings is 1. The Balaban J connectivity index is 1.92. The first-order chi connectivity index (χ1) is 9.06. The Hall–Kier alpha value is -1.82. The number of hydrogen-bond acceptors (Lipinski definition) is 4. The smallest absolute Gasteiger partial charge is 0.234 e. The number of anilines is 1. The van der Waals surface area contributed by atoms with Gasteiger partial charge in [-0.15, -0.1) is 5.10 Å². The molecule has 2 aromatic rings. The lowest BCUT2D eigenvalue weighted by atomic mass is 10.1. The van der Waals surface area contributed by atoms with Gasteiger partial charge in [-0.25, -0.2) is 4.98 Å². The number of carbonyl (C=O) groups is 1. The number of H-pyrrole nitrogens is 1. The second kappa shape index (κ2) is 5.88. The Labute approximate surface area is 116 Å². The van der Waals surface area contributed by atoms with Crippen LogP contribution in [0.5, 0.6) is 0 Å². The number of aromatic amines is 1. The standard InChI is InChI=1S/C13H16N4OS/c1-8-5-4-6-11(9(8)2)15-12(18)7-19-13-14-10(3)16-17-13/h4-6H,7H2,1-3H3,(H,15,18)(H,14,16,17). The summed E-state index contributed by atoms with van der Waals surface area (Å²) >= 11 is 1.31. The zero-order valence-corrected chi connectivity index (χ0v) is 12.0. The van der Waals surface area contributed by atoms with Crippen LogP contribution in [0.3, 0.4) is 0 Å². The maximum atomic E-state index is 11.9. The molecule has 0 aliphatic heterocycles. The van der Waals surface area contributed by atoms with Gasteiger partial charge < -0.3 is 5.32 Å². The normalized spacial score (nSPS) is 10.5. The van der Waals surface area contributed by atoms with E-state index in [1.54, 1.807) is 0 Å². The predicted molar refractivity (Wildman–Crippen MR) is 76.4 cm³/mol. The molecule has 0 aliphatic carbocycles. The number of aromatic nitrogens is 3. The number of nitrogens with zero attached hydrogens (tertiary/aromatic N) is 2. The topological polar surface area (TPSA) is 70.7 Å². The molecule has 100 valence electrons. The summed E-state index contributed by atoms with van der Waals surface area (Å²) in [7, 11) is 0. The van der Waals surface area contributed by atoms with Crippen LogP contribution < -0.4 is 5.32 Å². The summed E-state index contributed by atoms with van der Waals surface area (Å²) < 4.78 is 0. The van der Waals surface area contributed by atoms with Crippen molar-refractivity contribution in [1.82, 2.24) is 15.2 Å². The Morgan fingerprint density at radius 2 is 2.16 bits per heavy atom. The van der Waals surface area contributed by atoms with Crippen molar-refractivity contribution in [2.75, 3.05) is 11.1 Å². The number of amides is 1. The number of nitrogens with one attached hydrogen (secondary N) is 2. The van der Waals surface area contributed by atoms with Gasteiger partial charge in [-0.05, 0) is 38.0 Å². The van der Waals surface area contributed by atoms with Crippen molar-refractivity contribution in [2.45, 2.75) is 25.9 Å². The minimum atomic E-state index is -0.0545. The SMILES string of the molecule is Cc1nc(SCC(=O)Nc2cccc(C)c2C)n[nH]1. The average Bonchev–Trinajstić information content (AvgIpc) is 2.78. The highest BCUT2D eigenvalue weighted by Crippen LogP contribution is 2.19. The molecule has 1 aromatic heterocycles. The van der Waals surface area contributed by atoms with Gasteiger partial charge in [0, 0.05) is 5.69 Å². The van der Waals surface area contributed by atoms with Crippen LogP contribution in [-0.4, -0.2) is 26.8 Å². The minimum absolute atomic E-state index is 0.0545. The first-order valence-electron chi connectivity index (χ1n) is 5.94. The zero-order valence-electron chi connectivity index (χ0n) is 11.2. The monoisotopic (exact) mass is 276 g/mol. The van der Waals surface area contributed by atoms with Gasteiger partial charge in [-0.3, -0.25) is 9.89 Å². The minimum Gasteiger partial charge on any atom is -0.325 e. The number of carbonyl (C=O) groups excluding carboxylic acids is 1. The van der Waals surface area contributed by atoms with Crippen LogP contribution in [-0.2, 0) is 4.79 Å². The van der Waals surface area contributed by atoms with Gasteiger partial charge >= 0.3 is 0 Å². The van der Waals surface area contributed by atoms with Gasteiger partial charge in [0.15, 0.2) is 0 Å². The van der Waals surface area contributed by atoms with Crippen LogP contribution in [0.25, 0.3) is 0 Å². The van der Waals surface area contributed by atoms with Crippen LogP contribution in [0.2, 0.25) is 0 Å². The molecule has 2 N–H and O–H groups in total. The number of hydrogen-bond donors (Lipinski definition) is 2. The van der Waals surface area contributed by atoms with E-state index in [1.165, 1.54) is 11.8 Å². The fraction of sp³-hybridized carbons (Fsp3) is 0.308. The van der Waals surface area contributed by atoms with E-state index >= 15 is 0 Å². The molecular formula is C13H16N4OS. The van der Waals surface area contributed by atoms with Crippen molar-refractivity contribution in [3.05, 3.63) is 35.2 Å². The van der Waals surface area contributed by atoms with E-state index in [1.807, 2.05) is 39.0 Å². The van der Waals surface area contributed by atoms with Crippen molar-refractivity contribution >= 4 is 23.4 Å². The Kier molecular flexibility index (Phi) is 4.21. The van der Waals surface area contributed by atoms with E-state index < -0.39 is 0 Å². The lowest BCUT2D eigenvalue weighted by Gasteiger charge is -2.09. The van der Waals surface area contributed by atoms with E-state index in [0.717, 1.165) is 22.6 Å². The Bertz CT molecular complexity index is 594. The largest absolute Gasteiger partial charge is 0.325 e. The van der Waals surface area contributed by atoms with Gasteiger partial charge in [0.05, 0.1) is 5.75 Å². The maximum Gasteiger partial charge on any atom is 0.234 e. The molecule has 1 heterocycles.